The molecule has 1 saturated carbocycles. The molecule has 0 aromatic heterocycles. The predicted octanol–water partition coefficient (Wildman–Crippen LogP) is 1.11. The van der Waals surface area contributed by atoms with Crippen LogP contribution < -0.4 is 16.0 Å². The van der Waals surface area contributed by atoms with Gasteiger partial charge in [-0.05, 0) is 31.6 Å². The van der Waals surface area contributed by atoms with Crippen molar-refractivity contribution in [2.24, 2.45) is 16.8 Å². The topological polar surface area (TPSA) is 65.5 Å². The van der Waals surface area contributed by atoms with Gasteiger partial charge in [-0.3, -0.25) is 9.79 Å². The summed E-state index contributed by atoms with van der Waals surface area (Å²) < 4.78 is 0. The van der Waals surface area contributed by atoms with Crippen molar-refractivity contribution in [1.82, 2.24) is 16.0 Å². The van der Waals surface area contributed by atoms with Crippen molar-refractivity contribution in [3.05, 3.63) is 0 Å². The second-order valence-corrected chi connectivity index (χ2v) is 5.53. The van der Waals surface area contributed by atoms with E-state index in [1.54, 1.807) is 7.05 Å². The minimum atomic E-state index is 0.196. The third-order valence-corrected chi connectivity index (χ3v) is 3.14. The monoisotopic (exact) mass is 268 g/mol. The third-order valence-electron chi connectivity index (χ3n) is 3.14. The number of rotatable bonds is 8. The minimum absolute atomic E-state index is 0.196. The Labute approximate surface area is 116 Å². The highest BCUT2D eigenvalue weighted by Crippen LogP contribution is 2.28. The van der Waals surface area contributed by atoms with Crippen LogP contribution in [0.3, 0.4) is 0 Å². The first-order chi connectivity index (χ1) is 9.13. The van der Waals surface area contributed by atoms with Crippen LogP contribution in [0.25, 0.3) is 0 Å². The maximum absolute atomic E-state index is 11.4. The van der Waals surface area contributed by atoms with E-state index < -0.39 is 0 Å². The van der Waals surface area contributed by atoms with E-state index in [-0.39, 0.29) is 11.8 Å². The molecule has 0 radical (unpaired) electrons. The first kappa shape index (κ1) is 15.8. The molecule has 1 aliphatic carbocycles. The Hall–Kier alpha value is -1.26. The predicted molar refractivity (Wildman–Crippen MR) is 79.2 cm³/mol. The van der Waals surface area contributed by atoms with Gasteiger partial charge in [-0.1, -0.05) is 13.8 Å². The Balaban J connectivity index is 1.99. The lowest BCUT2D eigenvalue weighted by molar-refractivity contribution is -0.122. The summed E-state index contributed by atoms with van der Waals surface area (Å²) in [6, 6.07) is 0. The molecule has 0 aliphatic heterocycles. The Kier molecular flexibility index (Phi) is 7.30. The standard InChI is InChI=1S/C14H28N4O/c1-11(2)5-4-8-17-14(15-3)18-10-9-16-13(19)12-6-7-12/h11-12H,4-10H2,1-3H3,(H,16,19)(H2,15,17,18). The van der Waals surface area contributed by atoms with Crippen LogP contribution in [0.5, 0.6) is 0 Å². The molecule has 3 N–H and O–H groups in total. The molecule has 1 aliphatic rings. The van der Waals surface area contributed by atoms with E-state index in [1.165, 1.54) is 6.42 Å². The number of carbonyl (C=O) groups excluding carboxylic acids is 1. The molecule has 5 heteroatoms. The molecule has 0 aromatic carbocycles. The summed E-state index contributed by atoms with van der Waals surface area (Å²) >= 11 is 0. The van der Waals surface area contributed by atoms with E-state index in [9.17, 15) is 4.79 Å². The lowest BCUT2D eigenvalue weighted by atomic mass is 10.1. The summed E-state index contributed by atoms with van der Waals surface area (Å²) in [5.41, 5.74) is 0. The number of aliphatic imine (C=N–C) groups is 1. The molecule has 0 atom stereocenters. The Bertz CT molecular complexity index is 298. The summed E-state index contributed by atoms with van der Waals surface area (Å²) in [6.07, 6.45) is 4.48. The zero-order valence-electron chi connectivity index (χ0n) is 12.5. The number of nitrogens with one attached hydrogen (secondary N) is 3. The maximum Gasteiger partial charge on any atom is 0.223 e. The van der Waals surface area contributed by atoms with E-state index in [2.05, 4.69) is 34.8 Å². The lowest BCUT2D eigenvalue weighted by Gasteiger charge is -2.12. The first-order valence-corrected chi connectivity index (χ1v) is 7.35. The molecule has 0 heterocycles. The average Bonchev–Trinajstić information content (AvgIpc) is 3.20. The first-order valence-electron chi connectivity index (χ1n) is 7.35. The quantitative estimate of drug-likeness (QED) is 0.351. The van der Waals surface area contributed by atoms with Crippen LogP contribution in [-0.4, -0.2) is 38.5 Å². The smallest absolute Gasteiger partial charge is 0.223 e. The van der Waals surface area contributed by atoms with E-state index in [1.807, 2.05) is 0 Å². The molecule has 19 heavy (non-hydrogen) atoms. The zero-order chi connectivity index (χ0) is 14.1. The molecule has 0 unspecified atom stereocenters. The second-order valence-electron chi connectivity index (χ2n) is 5.53. The van der Waals surface area contributed by atoms with Crippen molar-refractivity contribution in [3.63, 3.8) is 0 Å². The SMILES string of the molecule is CN=C(NCCCC(C)C)NCCNC(=O)C1CC1. The van der Waals surface area contributed by atoms with Gasteiger partial charge in [0, 0.05) is 32.6 Å². The van der Waals surface area contributed by atoms with Gasteiger partial charge in [-0.25, -0.2) is 0 Å². The van der Waals surface area contributed by atoms with E-state index in [0.29, 0.717) is 13.1 Å². The molecule has 5 nitrogen and oxygen atoms in total. The number of hydrogen-bond acceptors (Lipinski definition) is 2. The Morgan fingerprint density at radius 2 is 1.79 bits per heavy atom. The molecule has 0 saturated heterocycles. The van der Waals surface area contributed by atoms with Crippen LogP contribution in [0.1, 0.15) is 39.5 Å². The largest absolute Gasteiger partial charge is 0.356 e. The van der Waals surface area contributed by atoms with Gasteiger partial charge in [0.15, 0.2) is 5.96 Å². The highest BCUT2D eigenvalue weighted by molar-refractivity contribution is 5.81. The molecule has 0 spiro atoms. The van der Waals surface area contributed by atoms with Gasteiger partial charge in [0.1, 0.15) is 0 Å². The number of carbonyl (C=O) groups is 1. The normalized spacial score (nSPS) is 15.5. The zero-order valence-corrected chi connectivity index (χ0v) is 12.5. The highest BCUT2D eigenvalue weighted by atomic mass is 16.2. The van der Waals surface area contributed by atoms with Crippen LogP contribution in [0.2, 0.25) is 0 Å². The van der Waals surface area contributed by atoms with E-state index in [4.69, 9.17) is 0 Å². The van der Waals surface area contributed by atoms with Crippen LogP contribution in [-0.2, 0) is 4.79 Å². The molecule has 1 amide bonds. The van der Waals surface area contributed by atoms with Crippen LogP contribution in [0.15, 0.2) is 4.99 Å². The Morgan fingerprint density at radius 1 is 1.16 bits per heavy atom. The van der Waals surface area contributed by atoms with Crippen molar-refractivity contribution in [3.8, 4) is 0 Å². The molecule has 0 aromatic rings. The summed E-state index contributed by atoms with van der Waals surface area (Å²) in [5.74, 6) is 2.04. The van der Waals surface area contributed by atoms with Crippen molar-refractivity contribution in [1.29, 1.82) is 0 Å². The Morgan fingerprint density at radius 3 is 2.37 bits per heavy atom. The number of amides is 1. The summed E-state index contributed by atoms with van der Waals surface area (Å²) in [7, 11) is 1.76. The van der Waals surface area contributed by atoms with E-state index >= 15 is 0 Å². The van der Waals surface area contributed by atoms with Crippen molar-refractivity contribution in [2.45, 2.75) is 39.5 Å². The third kappa shape index (κ3) is 7.70. The van der Waals surface area contributed by atoms with Crippen molar-refractivity contribution in [2.75, 3.05) is 26.7 Å². The van der Waals surface area contributed by atoms with Gasteiger partial charge < -0.3 is 16.0 Å². The van der Waals surface area contributed by atoms with Gasteiger partial charge in [0.2, 0.25) is 5.91 Å². The summed E-state index contributed by atoms with van der Waals surface area (Å²) in [5, 5.41) is 9.39. The van der Waals surface area contributed by atoms with Gasteiger partial charge >= 0.3 is 0 Å². The molecule has 110 valence electrons. The van der Waals surface area contributed by atoms with Crippen molar-refractivity contribution < 1.29 is 4.79 Å². The fraction of sp³-hybridized carbons (Fsp3) is 0.857. The highest BCUT2D eigenvalue weighted by Gasteiger charge is 2.28. The molecular weight excluding hydrogens is 240 g/mol. The summed E-state index contributed by atoms with van der Waals surface area (Å²) in [4.78, 5) is 15.6. The van der Waals surface area contributed by atoms with Gasteiger partial charge in [-0.2, -0.15) is 0 Å². The molecule has 1 rings (SSSR count). The number of nitrogens with zero attached hydrogens (tertiary/aromatic N) is 1. The van der Waals surface area contributed by atoms with Gasteiger partial charge in [0.05, 0.1) is 0 Å². The molecule has 1 fully saturated rings. The van der Waals surface area contributed by atoms with Gasteiger partial charge in [0.25, 0.3) is 0 Å². The fourth-order valence-electron chi connectivity index (χ4n) is 1.79. The maximum atomic E-state index is 11.4. The molecular formula is C14H28N4O. The van der Waals surface area contributed by atoms with Crippen LogP contribution in [0.4, 0.5) is 0 Å². The second kappa shape index (κ2) is 8.77. The van der Waals surface area contributed by atoms with E-state index in [0.717, 1.165) is 37.7 Å². The fourth-order valence-corrected chi connectivity index (χ4v) is 1.79. The summed E-state index contributed by atoms with van der Waals surface area (Å²) in [6.45, 7) is 6.77. The van der Waals surface area contributed by atoms with Crippen LogP contribution in [0, 0.1) is 11.8 Å². The average molecular weight is 268 g/mol. The number of guanidine groups is 1. The lowest BCUT2D eigenvalue weighted by Crippen LogP contribution is -2.42. The van der Waals surface area contributed by atoms with Crippen molar-refractivity contribution >= 4 is 11.9 Å². The van der Waals surface area contributed by atoms with Gasteiger partial charge in [-0.15, -0.1) is 0 Å². The number of hydrogen-bond donors (Lipinski definition) is 3. The molecule has 0 bridgehead atoms. The minimum Gasteiger partial charge on any atom is -0.356 e. The van der Waals surface area contributed by atoms with Crippen LogP contribution >= 0.6 is 0 Å².